The molecule has 0 bridgehead atoms. The van der Waals surface area contributed by atoms with E-state index in [4.69, 9.17) is 0 Å². The Bertz CT molecular complexity index is 1330. The van der Waals surface area contributed by atoms with Crippen LogP contribution in [0.3, 0.4) is 0 Å². The molecular formula is C26H23FN4O2. The van der Waals surface area contributed by atoms with Crippen molar-refractivity contribution in [3.8, 4) is 11.1 Å². The molecule has 2 amide bonds. The number of hydrogen-bond donors (Lipinski definition) is 2. The van der Waals surface area contributed by atoms with Gasteiger partial charge in [0.15, 0.2) is 0 Å². The lowest BCUT2D eigenvalue weighted by Crippen LogP contribution is -2.58. The molecule has 5 rings (SSSR count). The predicted molar refractivity (Wildman–Crippen MR) is 124 cm³/mol. The Labute approximate surface area is 190 Å². The Balaban J connectivity index is 1.41. The summed E-state index contributed by atoms with van der Waals surface area (Å²) in [6.07, 6.45) is 3.94. The second-order valence-electron chi connectivity index (χ2n) is 8.26. The number of hydrogen-bond acceptors (Lipinski definition) is 3. The summed E-state index contributed by atoms with van der Waals surface area (Å²) < 4.78 is 13.7. The van der Waals surface area contributed by atoms with Crippen LogP contribution in [0.15, 0.2) is 67.0 Å². The number of rotatable bonds is 4. The van der Waals surface area contributed by atoms with Gasteiger partial charge in [0.05, 0.1) is 0 Å². The third-order valence-electron chi connectivity index (χ3n) is 6.20. The number of piperazine rings is 1. The summed E-state index contributed by atoms with van der Waals surface area (Å²) in [5.41, 5.74) is 4.78. The SMILES string of the molecule is Cc1c(C(=O)N2CCNC(=O)[C@@H]2Cc2ccc(-c3cccnc3)cc2)[nH]c2ccc(F)cc12. The number of aryl methyl sites for hydroxylation is 1. The minimum atomic E-state index is -0.627. The number of carbonyl (C=O) groups excluding carboxylic acids is 2. The Morgan fingerprint density at radius 1 is 1.15 bits per heavy atom. The average Bonchev–Trinajstić information content (AvgIpc) is 3.16. The fraction of sp³-hybridized carbons (Fsp3) is 0.192. The summed E-state index contributed by atoms with van der Waals surface area (Å²) in [4.78, 5) is 35.1. The summed E-state index contributed by atoms with van der Waals surface area (Å²) in [5, 5.41) is 3.54. The maximum absolute atomic E-state index is 13.7. The molecule has 166 valence electrons. The Hall–Kier alpha value is -4.00. The fourth-order valence-electron chi connectivity index (χ4n) is 4.41. The van der Waals surface area contributed by atoms with Crippen LogP contribution in [0.25, 0.3) is 22.0 Å². The average molecular weight is 442 g/mol. The van der Waals surface area contributed by atoms with Gasteiger partial charge in [-0.25, -0.2) is 4.39 Å². The largest absolute Gasteiger partial charge is 0.353 e. The highest BCUT2D eigenvalue weighted by atomic mass is 19.1. The molecule has 1 aliphatic heterocycles. The number of nitrogens with one attached hydrogen (secondary N) is 2. The number of nitrogens with zero attached hydrogens (tertiary/aromatic N) is 2. The summed E-state index contributed by atoms with van der Waals surface area (Å²) in [7, 11) is 0. The molecular weight excluding hydrogens is 419 g/mol. The van der Waals surface area contributed by atoms with Gasteiger partial charge in [0.25, 0.3) is 5.91 Å². The van der Waals surface area contributed by atoms with Crippen LogP contribution >= 0.6 is 0 Å². The molecule has 1 fully saturated rings. The number of pyridine rings is 1. The van der Waals surface area contributed by atoms with Gasteiger partial charge in [0.1, 0.15) is 17.6 Å². The van der Waals surface area contributed by atoms with E-state index in [2.05, 4.69) is 15.3 Å². The molecule has 33 heavy (non-hydrogen) atoms. The van der Waals surface area contributed by atoms with Gasteiger partial charge in [-0.2, -0.15) is 0 Å². The Kier molecular flexibility index (Phi) is 5.38. The van der Waals surface area contributed by atoms with E-state index in [-0.39, 0.29) is 17.6 Å². The van der Waals surface area contributed by atoms with E-state index in [1.165, 1.54) is 12.1 Å². The maximum Gasteiger partial charge on any atom is 0.271 e. The van der Waals surface area contributed by atoms with E-state index in [0.29, 0.717) is 41.7 Å². The quantitative estimate of drug-likeness (QED) is 0.504. The second-order valence-corrected chi connectivity index (χ2v) is 8.26. The first kappa shape index (κ1) is 20.9. The van der Waals surface area contributed by atoms with Crippen molar-refractivity contribution in [2.24, 2.45) is 0 Å². The zero-order chi connectivity index (χ0) is 22.9. The maximum atomic E-state index is 13.7. The molecule has 2 aromatic carbocycles. The summed E-state index contributed by atoms with van der Waals surface area (Å²) in [5.74, 6) is -0.782. The van der Waals surface area contributed by atoms with Gasteiger partial charge < -0.3 is 15.2 Å². The van der Waals surface area contributed by atoms with Crippen molar-refractivity contribution in [1.82, 2.24) is 20.2 Å². The van der Waals surface area contributed by atoms with Crippen LogP contribution in [0, 0.1) is 12.7 Å². The molecule has 0 spiro atoms. The number of amides is 2. The van der Waals surface area contributed by atoms with Gasteiger partial charge in [0, 0.05) is 42.8 Å². The van der Waals surface area contributed by atoms with Gasteiger partial charge in [0.2, 0.25) is 5.91 Å². The molecule has 2 aromatic heterocycles. The highest BCUT2D eigenvalue weighted by Gasteiger charge is 2.35. The van der Waals surface area contributed by atoms with Gasteiger partial charge in [-0.1, -0.05) is 30.3 Å². The lowest BCUT2D eigenvalue weighted by Gasteiger charge is -2.35. The molecule has 4 aromatic rings. The number of halogens is 1. The van der Waals surface area contributed by atoms with Gasteiger partial charge >= 0.3 is 0 Å². The van der Waals surface area contributed by atoms with Crippen molar-refractivity contribution in [1.29, 1.82) is 0 Å². The first-order valence-electron chi connectivity index (χ1n) is 10.9. The number of carbonyl (C=O) groups is 2. The summed E-state index contributed by atoms with van der Waals surface area (Å²) >= 11 is 0. The van der Waals surface area contributed by atoms with Crippen LogP contribution < -0.4 is 5.32 Å². The highest BCUT2D eigenvalue weighted by molar-refractivity contribution is 6.03. The second kappa shape index (κ2) is 8.50. The van der Waals surface area contributed by atoms with Gasteiger partial charge in [-0.15, -0.1) is 0 Å². The predicted octanol–water partition coefficient (Wildman–Crippen LogP) is 3.86. The monoisotopic (exact) mass is 442 g/mol. The molecule has 2 N–H and O–H groups in total. The molecule has 0 saturated carbocycles. The molecule has 7 heteroatoms. The van der Waals surface area contributed by atoms with E-state index >= 15 is 0 Å². The number of fused-ring (bicyclic) bond motifs is 1. The van der Waals surface area contributed by atoms with Crippen LogP contribution in [0.4, 0.5) is 4.39 Å². The summed E-state index contributed by atoms with van der Waals surface area (Å²) in [6, 6.07) is 15.6. The Morgan fingerprint density at radius 2 is 1.97 bits per heavy atom. The van der Waals surface area contributed by atoms with Crippen molar-refractivity contribution >= 4 is 22.7 Å². The molecule has 3 heterocycles. The third-order valence-corrected chi connectivity index (χ3v) is 6.20. The van der Waals surface area contributed by atoms with Crippen LogP contribution in [0.2, 0.25) is 0 Å². The van der Waals surface area contributed by atoms with E-state index in [1.807, 2.05) is 36.4 Å². The standard InChI is InChI=1S/C26H23FN4O2/c1-16-21-14-20(27)8-9-22(21)30-24(16)26(33)31-12-11-29-25(32)23(31)13-17-4-6-18(7-5-17)19-3-2-10-28-15-19/h2-10,14-15,23,30H,11-13H2,1H3,(H,29,32)/t23-/m0/s1. The molecule has 0 aliphatic carbocycles. The fourth-order valence-corrected chi connectivity index (χ4v) is 4.41. The molecule has 1 aliphatic rings. The van der Waals surface area contributed by atoms with Crippen LogP contribution in [0.1, 0.15) is 21.6 Å². The van der Waals surface area contributed by atoms with Crippen molar-refractivity contribution in [2.75, 3.05) is 13.1 Å². The molecule has 0 unspecified atom stereocenters. The van der Waals surface area contributed by atoms with Crippen LogP contribution in [-0.4, -0.2) is 45.8 Å². The molecule has 6 nitrogen and oxygen atoms in total. The molecule has 0 radical (unpaired) electrons. The van der Waals surface area contributed by atoms with Crippen LogP contribution in [-0.2, 0) is 11.2 Å². The Morgan fingerprint density at radius 3 is 2.73 bits per heavy atom. The van der Waals surface area contributed by atoms with Gasteiger partial charge in [-0.05, 0) is 53.4 Å². The first-order chi connectivity index (χ1) is 16.0. The number of aromatic nitrogens is 2. The summed E-state index contributed by atoms with van der Waals surface area (Å²) in [6.45, 7) is 2.60. The number of benzene rings is 2. The highest BCUT2D eigenvalue weighted by Crippen LogP contribution is 2.26. The van der Waals surface area contributed by atoms with E-state index in [9.17, 15) is 14.0 Å². The van der Waals surface area contributed by atoms with Crippen molar-refractivity contribution < 1.29 is 14.0 Å². The zero-order valence-corrected chi connectivity index (χ0v) is 18.1. The number of aromatic amines is 1. The number of H-pyrrole nitrogens is 1. The minimum Gasteiger partial charge on any atom is -0.353 e. The van der Waals surface area contributed by atoms with E-state index in [1.54, 1.807) is 30.3 Å². The zero-order valence-electron chi connectivity index (χ0n) is 18.1. The van der Waals surface area contributed by atoms with Crippen molar-refractivity contribution in [2.45, 2.75) is 19.4 Å². The molecule has 1 atom stereocenters. The van der Waals surface area contributed by atoms with Crippen molar-refractivity contribution in [3.63, 3.8) is 0 Å². The van der Waals surface area contributed by atoms with E-state index < -0.39 is 6.04 Å². The lowest BCUT2D eigenvalue weighted by molar-refractivity contribution is -0.127. The van der Waals surface area contributed by atoms with Crippen LogP contribution in [0.5, 0.6) is 0 Å². The first-order valence-corrected chi connectivity index (χ1v) is 10.9. The third kappa shape index (κ3) is 3.98. The van der Waals surface area contributed by atoms with Gasteiger partial charge in [-0.3, -0.25) is 14.6 Å². The topological polar surface area (TPSA) is 78.1 Å². The smallest absolute Gasteiger partial charge is 0.271 e. The molecule has 1 saturated heterocycles. The van der Waals surface area contributed by atoms with Crippen molar-refractivity contribution in [3.05, 3.63) is 89.6 Å². The normalized spacial score (nSPS) is 16.1. The van der Waals surface area contributed by atoms with E-state index in [0.717, 1.165) is 16.7 Å². The minimum absolute atomic E-state index is 0.175. The lowest BCUT2D eigenvalue weighted by atomic mass is 9.99.